The molecule has 0 aromatic carbocycles. The lowest BCUT2D eigenvalue weighted by Gasteiger charge is -2.32. The molecule has 206 valence electrons. The largest absolute Gasteiger partial charge is 0.444 e. The summed E-state index contributed by atoms with van der Waals surface area (Å²) in [6, 6.07) is -2.05. The number of alkyl carbamates (subject to hydrolysis) is 1. The topological polar surface area (TPSA) is 117 Å². The molecule has 0 spiro atoms. The summed E-state index contributed by atoms with van der Waals surface area (Å²) in [4.78, 5) is 38.7. The molecule has 0 saturated carbocycles. The van der Waals surface area contributed by atoms with Gasteiger partial charge in [-0.05, 0) is 44.9 Å². The predicted octanol–water partition coefficient (Wildman–Crippen LogP) is 4.54. The molecule has 4 N–H and O–H groups in total. The Morgan fingerprint density at radius 1 is 0.800 bits per heavy atom. The first kappa shape index (κ1) is 33.2. The Morgan fingerprint density at radius 3 is 1.77 bits per heavy atom. The number of ether oxygens (including phenoxy) is 1. The van der Waals surface area contributed by atoms with Gasteiger partial charge in [0.15, 0.2) is 0 Å². The molecule has 0 aliphatic heterocycles. The standard InChI is InChI=1S/C27H53N3O5/c1-11-13-14-15-16-20(31)23(19(7)12-2)29-24(32)21(17(3)4)28-25(33)22(18(5)6)30-26(34)35-27(8,9)10/h17-23,31H,11-16H2,1-10H3,(H,28,33)(H,29,32)(H,30,34)/t19-,20?,21-,22-,23-/m0/s1. The van der Waals surface area contributed by atoms with E-state index < -0.39 is 41.8 Å². The molecule has 35 heavy (non-hydrogen) atoms. The number of carbonyl (C=O) groups excluding carboxylic acids is 3. The molecule has 0 aliphatic rings. The van der Waals surface area contributed by atoms with E-state index in [9.17, 15) is 19.5 Å². The van der Waals surface area contributed by atoms with Gasteiger partial charge in [0, 0.05) is 0 Å². The van der Waals surface area contributed by atoms with Gasteiger partial charge in [-0.15, -0.1) is 0 Å². The van der Waals surface area contributed by atoms with Crippen LogP contribution >= 0.6 is 0 Å². The van der Waals surface area contributed by atoms with E-state index in [1.165, 1.54) is 0 Å². The van der Waals surface area contributed by atoms with Crippen molar-refractivity contribution in [3.05, 3.63) is 0 Å². The second-order valence-electron chi connectivity index (χ2n) is 11.4. The fourth-order valence-corrected chi connectivity index (χ4v) is 3.83. The Morgan fingerprint density at radius 2 is 1.31 bits per heavy atom. The fraction of sp³-hybridized carbons (Fsp3) is 0.889. The summed E-state index contributed by atoms with van der Waals surface area (Å²) in [5.41, 5.74) is -0.690. The highest BCUT2D eigenvalue weighted by atomic mass is 16.6. The summed E-state index contributed by atoms with van der Waals surface area (Å²) in [7, 11) is 0. The van der Waals surface area contributed by atoms with Crippen LogP contribution in [0.2, 0.25) is 0 Å². The molecule has 1 unspecified atom stereocenters. The summed E-state index contributed by atoms with van der Waals surface area (Å²) >= 11 is 0. The maximum atomic E-state index is 13.3. The van der Waals surface area contributed by atoms with E-state index in [2.05, 4.69) is 22.9 Å². The van der Waals surface area contributed by atoms with Gasteiger partial charge in [-0.3, -0.25) is 9.59 Å². The molecule has 5 atom stereocenters. The van der Waals surface area contributed by atoms with Crippen LogP contribution in [0.15, 0.2) is 0 Å². The lowest BCUT2D eigenvalue weighted by molar-refractivity contribution is -0.132. The third-order valence-corrected chi connectivity index (χ3v) is 6.20. The Hall–Kier alpha value is -1.83. The quantitative estimate of drug-likeness (QED) is 0.247. The van der Waals surface area contributed by atoms with Crippen LogP contribution in [0.1, 0.15) is 108 Å². The van der Waals surface area contributed by atoms with Crippen LogP contribution in [0.3, 0.4) is 0 Å². The van der Waals surface area contributed by atoms with Crippen LogP contribution in [0, 0.1) is 17.8 Å². The molecule has 0 aliphatic carbocycles. The molecule has 8 heteroatoms. The first-order valence-electron chi connectivity index (χ1n) is 13.4. The highest BCUT2D eigenvalue weighted by Crippen LogP contribution is 2.18. The van der Waals surface area contributed by atoms with Gasteiger partial charge in [0.25, 0.3) is 0 Å². The maximum absolute atomic E-state index is 13.3. The summed E-state index contributed by atoms with van der Waals surface area (Å²) in [5, 5.41) is 19.3. The second kappa shape index (κ2) is 16.0. The zero-order chi connectivity index (χ0) is 27.3. The average molecular weight is 500 g/mol. The number of aliphatic hydroxyl groups is 1. The van der Waals surface area contributed by atoms with Crippen LogP contribution < -0.4 is 16.0 Å². The number of hydrogen-bond donors (Lipinski definition) is 4. The monoisotopic (exact) mass is 499 g/mol. The van der Waals surface area contributed by atoms with Crippen molar-refractivity contribution in [2.45, 2.75) is 138 Å². The molecule has 0 bridgehead atoms. The van der Waals surface area contributed by atoms with Crippen LogP contribution in [0.4, 0.5) is 4.79 Å². The van der Waals surface area contributed by atoms with Crippen molar-refractivity contribution in [3.8, 4) is 0 Å². The first-order valence-corrected chi connectivity index (χ1v) is 13.4. The van der Waals surface area contributed by atoms with Crippen LogP contribution in [0.5, 0.6) is 0 Å². The van der Waals surface area contributed by atoms with Crippen molar-refractivity contribution >= 4 is 17.9 Å². The van der Waals surface area contributed by atoms with E-state index in [-0.39, 0.29) is 23.7 Å². The van der Waals surface area contributed by atoms with Crippen LogP contribution in [-0.4, -0.2) is 52.8 Å². The molecule has 3 amide bonds. The number of aliphatic hydroxyl groups excluding tert-OH is 1. The molecule has 0 aromatic rings. The molecule has 8 nitrogen and oxygen atoms in total. The van der Waals surface area contributed by atoms with Gasteiger partial charge in [0.1, 0.15) is 17.7 Å². The number of rotatable bonds is 15. The van der Waals surface area contributed by atoms with Crippen LogP contribution in [-0.2, 0) is 14.3 Å². The minimum absolute atomic E-state index is 0.0842. The van der Waals surface area contributed by atoms with E-state index in [0.717, 1.165) is 32.1 Å². The lowest BCUT2D eigenvalue weighted by atomic mass is 9.90. The molecule has 0 heterocycles. The summed E-state index contributed by atoms with van der Waals surface area (Å²) < 4.78 is 5.30. The van der Waals surface area contributed by atoms with Gasteiger partial charge in [-0.2, -0.15) is 0 Å². The van der Waals surface area contributed by atoms with E-state index in [4.69, 9.17) is 4.74 Å². The average Bonchev–Trinajstić information content (AvgIpc) is 2.74. The number of unbranched alkanes of at least 4 members (excludes halogenated alkanes) is 3. The van der Waals surface area contributed by atoms with Gasteiger partial charge in [-0.1, -0.05) is 80.6 Å². The van der Waals surface area contributed by atoms with Gasteiger partial charge in [0.05, 0.1) is 12.1 Å². The normalized spacial score (nSPS) is 16.3. The molecule has 0 rings (SSSR count). The van der Waals surface area contributed by atoms with E-state index in [1.807, 2.05) is 41.5 Å². The van der Waals surface area contributed by atoms with Crippen molar-refractivity contribution in [1.82, 2.24) is 16.0 Å². The van der Waals surface area contributed by atoms with E-state index in [0.29, 0.717) is 6.42 Å². The molecular formula is C27H53N3O5. The Balaban J connectivity index is 5.42. The van der Waals surface area contributed by atoms with Crippen molar-refractivity contribution in [1.29, 1.82) is 0 Å². The Labute approximate surface area is 213 Å². The van der Waals surface area contributed by atoms with Crippen molar-refractivity contribution < 1.29 is 24.2 Å². The van der Waals surface area contributed by atoms with Gasteiger partial charge < -0.3 is 25.8 Å². The number of hydrogen-bond acceptors (Lipinski definition) is 5. The van der Waals surface area contributed by atoms with Gasteiger partial charge in [-0.25, -0.2) is 4.79 Å². The fourth-order valence-electron chi connectivity index (χ4n) is 3.83. The zero-order valence-corrected chi connectivity index (χ0v) is 23.9. The van der Waals surface area contributed by atoms with E-state index >= 15 is 0 Å². The number of amides is 3. The Kier molecular flexibility index (Phi) is 15.2. The zero-order valence-electron chi connectivity index (χ0n) is 23.9. The summed E-state index contributed by atoms with van der Waals surface area (Å²) in [6.45, 7) is 18.8. The first-order chi connectivity index (χ1) is 16.1. The Bertz CT molecular complexity index is 645. The minimum atomic E-state index is -0.853. The third-order valence-electron chi connectivity index (χ3n) is 6.20. The highest BCUT2D eigenvalue weighted by Gasteiger charge is 2.34. The maximum Gasteiger partial charge on any atom is 0.408 e. The van der Waals surface area contributed by atoms with Crippen molar-refractivity contribution in [2.75, 3.05) is 0 Å². The van der Waals surface area contributed by atoms with Gasteiger partial charge in [0.2, 0.25) is 11.8 Å². The molecule has 0 radical (unpaired) electrons. The third kappa shape index (κ3) is 13.2. The van der Waals surface area contributed by atoms with Crippen molar-refractivity contribution in [2.24, 2.45) is 17.8 Å². The molecular weight excluding hydrogens is 446 g/mol. The number of carbonyl (C=O) groups is 3. The second-order valence-corrected chi connectivity index (χ2v) is 11.4. The molecule has 0 saturated heterocycles. The highest BCUT2D eigenvalue weighted by molar-refractivity contribution is 5.91. The smallest absolute Gasteiger partial charge is 0.408 e. The minimum Gasteiger partial charge on any atom is -0.444 e. The molecule has 0 aromatic heterocycles. The van der Waals surface area contributed by atoms with Crippen molar-refractivity contribution in [3.63, 3.8) is 0 Å². The van der Waals surface area contributed by atoms with E-state index in [1.54, 1.807) is 20.8 Å². The summed E-state index contributed by atoms with van der Waals surface area (Å²) in [5.74, 6) is -1.09. The van der Waals surface area contributed by atoms with Gasteiger partial charge >= 0.3 is 6.09 Å². The van der Waals surface area contributed by atoms with Crippen LogP contribution in [0.25, 0.3) is 0 Å². The molecule has 0 fully saturated rings. The summed E-state index contributed by atoms with van der Waals surface area (Å²) in [6.07, 6.45) is 4.33. The predicted molar refractivity (Wildman–Crippen MR) is 141 cm³/mol. The SMILES string of the molecule is CCCCCCC(O)[C@@H](NC(=O)[C@@H](NC(=O)[C@@H](NC(=O)OC(C)(C)C)C(C)C)C(C)C)[C@@H](C)CC. The number of nitrogens with one attached hydrogen (secondary N) is 3. The lowest BCUT2D eigenvalue weighted by Crippen LogP contribution is -2.59.